The van der Waals surface area contributed by atoms with Crippen molar-refractivity contribution >= 4 is 35.3 Å². The number of aliphatic imine (C=N–C) groups is 1. The van der Waals surface area contributed by atoms with Crippen molar-refractivity contribution < 1.29 is 42.8 Å². The molecule has 0 aliphatic carbocycles. The van der Waals surface area contributed by atoms with Crippen LogP contribution in [0.2, 0.25) is 0 Å². The maximum absolute atomic E-state index is 13.1. The summed E-state index contributed by atoms with van der Waals surface area (Å²) in [5.74, 6) is 4.33. The van der Waals surface area contributed by atoms with Crippen molar-refractivity contribution in [3.63, 3.8) is 0 Å². The summed E-state index contributed by atoms with van der Waals surface area (Å²) >= 11 is 1.43. The van der Waals surface area contributed by atoms with Gasteiger partial charge in [0.1, 0.15) is 11.9 Å². The first-order valence-corrected chi connectivity index (χ1v) is 16.2. The van der Waals surface area contributed by atoms with Gasteiger partial charge in [-0.15, -0.1) is 0 Å². The Morgan fingerprint density at radius 3 is 2.23 bits per heavy atom. The van der Waals surface area contributed by atoms with E-state index in [2.05, 4.69) is 10.1 Å². The van der Waals surface area contributed by atoms with Crippen LogP contribution < -0.4 is 33.2 Å². The SMILES string of the molecule is COc1cc(C2=NOC(c3cc(OC)c(OC)c(OC)c3)C2)ccc1OCSCOc1cc2c(cc1OC)C(=O)N1CCCC1C=N2. The van der Waals surface area contributed by atoms with Crippen LogP contribution in [0.5, 0.6) is 40.2 Å². The molecule has 0 radical (unpaired) electrons. The minimum Gasteiger partial charge on any atom is -0.493 e. The van der Waals surface area contributed by atoms with Crippen LogP contribution in [-0.2, 0) is 4.84 Å². The van der Waals surface area contributed by atoms with Gasteiger partial charge in [0.15, 0.2) is 40.6 Å². The smallest absolute Gasteiger partial charge is 0.256 e. The third kappa shape index (κ3) is 6.57. The average molecular weight is 664 g/mol. The summed E-state index contributed by atoms with van der Waals surface area (Å²) in [7, 11) is 7.87. The molecule has 47 heavy (non-hydrogen) atoms. The third-order valence-corrected chi connectivity index (χ3v) is 8.85. The van der Waals surface area contributed by atoms with Crippen molar-refractivity contribution in [1.82, 2.24) is 4.90 Å². The summed E-state index contributed by atoms with van der Waals surface area (Å²) < 4.78 is 39.6. The second kappa shape index (κ2) is 14.3. The normalized spacial score (nSPS) is 18.0. The second-order valence-electron chi connectivity index (χ2n) is 10.9. The molecule has 3 aromatic rings. The number of oxime groups is 1. The van der Waals surface area contributed by atoms with Gasteiger partial charge in [-0.05, 0) is 49.2 Å². The summed E-state index contributed by atoms with van der Waals surface area (Å²) in [6.07, 6.45) is 3.98. The zero-order valence-electron chi connectivity index (χ0n) is 26.9. The number of rotatable bonds is 13. The highest BCUT2D eigenvalue weighted by atomic mass is 32.2. The lowest BCUT2D eigenvalue weighted by atomic mass is 9.99. The van der Waals surface area contributed by atoms with Crippen LogP contribution in [0.1, 0.15) is 46.9 Å². The predicted molar refractivity (Wildman–Crippen MR) is 178 cm³/mol. The number of fused-ring (bicyclic) bond motifs is 2. The zero-order chi connectivity index (χ0) is 32.9. The molecule has 1 saturated heterocycles. The Morgan fingerprint density at radius 2 is 1.53 bits per heavy atom. The fourth-order valence-electron chi connectivity index (χ4n) is 5.84. The first kappa shape index (κ1) is 32.2. The van der Waals surface area contributed by atoms with E-state index in [1.54, 1.807) is 47.7 Å². The highest BCUT2D eigenvalue weighted by Crippen LogP contribution is 2.43. The number of carbonyl (C=O) groups excluding carboxylic acids is 1. The van der Waals surface area contributed by atoms with E-state index in [4.69, 9.17) is 38.0 Å². The molecule has 0 N–H and O–H groups in total. The number of carbonyl (C=O) groups is 1. The molecule has 0 aromatic heterocycles. The van der Waals surface area contributed by atoms with Crippen molar-refractivity contribution in [3.8, 4) is 40.2 Å². The number of thioether (sulfide) groups is 1. The summed E-state index contributed by atoms with van der Waals surface area (Å²) in [6, 6.07) is 12.9. The van der Waals surface area contributed by atoms with E-state index >= 15 is 0 Å². The fourth-order valence-corrected chi connectivity index (χ4v) is 6.33. The predicted octanol–water partition coefficient (Wildman–Crippen LogP) is 6.02. The van der Waals surface area contributed by atoms with Crippen molar-refractivity contribution in [1.29, 1.82) is 0 Å². The van der Waals surface area contributed by atoms with Gasteiger partial charge >= 0.3 is 0 Å². The molecule has 13 heteroatoms. The summed E-state index contributed by atoms with van der Waals surface area (Å²) in [4.78, 5) is 25.4. The Balaban J connectivity index is 1.05. The van der Waals surface area contributed by atoms with Gasteiger partial charge < -0.3 is 42.9 Å². The Bertz CT molecular complexity index is 1670. The summed E-state index contributed by atoms with van der Waals surface area (Å²) in [6.45, 7) is 0.736. The molecule has 0 bridgehead atoms. The molecule has 1 amide bonds. The molecule has 3 aliphatic rings. The molecule has 3 heterocycles. The van der Waals surface area contributed by atoms with Crippen molar-refractivity contribution in [2.75, 3.05) is 54.0 Å². The van der Waals surface area contributed by atoms with E-state index in [0.717, 1.165) is 36.2 Å². The lowest BCUT2D eigenvalue weighted by Gasteiger charge is -2.20. The van der Waals surface area contributed by atoms with E-state index in [9.17, 15) is 4.79 Å². The molecule has 0 saturated carbocycles. The monoisotopic (exact) mass is 663 g/mol. The van der Waals surface area contributed by atoms with Gasteiger partial charge in [0.25, 0.3) is 5.91 Å². The third-order valence-electron chi connectivity index (χ3n) is 8.28. The van der Waals surface area contributed by atoms with Crippen LogP contribution in [0.4, 0.5) is 5.69 Å². The van der Waals surface area contributed by atoms with E-state index < -0.39 is 0 Å². The van der Waals surface area contributed by atoms with Gasteiger partial charge in [-0.1, -0.05) is 16.9 Å². The Labute approximate surface area is 277 Å². The highest BCUT2D eigenvalue weighted by molar-refractivity contribution is 7.99. The largest absolute Gasteiger partial charge is 0.493 e. The molecule has 0 spiro atoms. The first-order valence-electron chi connectivity index (χ1n) is 15.1. The minimum absolute atomic E-state index is 0.0292. The lowest BCUT2D eigenvalue weighted by molar-refractivity contribution is 0.0774. The van der Waals surface area contributed by atoms with Gasteiger partial charge in [-0.25, -0.2) is 0 Å². The average Bonchev–Trinajstić information content (AvgIpc) is 3.78. The molecule has 6 rings (SSSR count). The maximum atomic E-state index is 13.1. The quantitative estimate of drug-likeness (QED) is 0.159. The minimum atomic E-state index is -0.319. The lowest BCUT2D eigenvalue weighted by Crippen LogP contribution is -2.35. The van der Waals surface area contributed by atoms with Gasteiger partial charge in [0, 0.05) is 36.4 Å². The molecule has 2 unspecified atom stereocenters. The van der Waals surface area contributed by atoms with Crippen molar-refractivity contribution in [2.45, 2.75) is 31.4 Å². The molecule has 248 valence electrons. The van der Waals surface area contributed by atoms with Crippen LogP contribution in [-0.4, -0.2) is 82.7 Å². The van der Waals surface area contributed by atoms with Gasteiger partial charge in [0.2, 0.25) is 5.75 Å². The first-order chi connectivity index (χ1) is 23.0. The standard InChI is InChI=1S/C34H37N3O9S/c1-39-28-11-20(24-15-27(46-36-24)21-12-31(41-3)33(43-5)32(13-21)42-4)8-9-26(28)44-18-47-19-45-30-16-25-23(14-29(30)40-2)34(38)37-10-6-7-22(37)17-35-25/h8-9,11-14,16-17,22,27H,6-7,10,15,18-19H2,1-5H3. The fraction of sp³-hybridized carbons (Fsp3) is 0.382. The van der Waals surface area contributed by atoms with E-state index in [-0.39, 0.29) is 18.1 Å². The zero-order valence-corrected chi connectivity index (χ0v) is 27.8. The van der Waals surface area contributed by atoms with Gasteiger partial charge in [0.05, 0.1) is 58.6 Å². The number of hydrogen-bond donors (Lipinski definition) is 0. The Hall–Kier alpha value is -4.78. The maximum Gasteiger partial charge on any atom is 0.256 e. The van der Waals surface area contributed by atoms with Crippen LogP contribution in [0, 0.1) is 0 Å². The second-order valence-corrected chi connectivity index (χ2v) is 11.8. The van der Waals surface area contributed by atoms with E-state index in [1.807, 2.05) is 41.4 Å². The number of amides is 1. The Kier molecular flexibility index (Phi) is 9.81. The molecule has 3 aromatic carbocycles. The highest BCUT2D eigenvalue weighted by Gasteiger charge is 2.33. The van der Waals surface area contributed by atoms with Crippen LogP contribution in [0.25, 0.3) is 0 Å². The van der Waals surface area contributed by atoms with E-state index in [0.29, 0.717) is 69.8 Å². The number of methoxy groups -OCH3 is 5. The van der Waals surface area contributed by atoms with Crippen LogP contribution >= 0.6 is 11.8 Å². The number of ether oxygens (including phenoxy) is 7. The molecule has 3 aliphatic heterocycles. The number of benzene rings is 3. The number of nitrogens with zero attached hydrogens (tertiary/aromatic N) is 3. The van der Waals surface area contributed by atoms with Crippen LogP contribution in [0.15, 0.2) is 52.6 Å². The summed E-state index contributed by atoms with van der Waals surface area (Å²) in [5, 5.41) is 4.35. The van der Waals surface area contributed by atoms with Crippen LogP contribution in [0.3, 0.4) is 0 Å². The molecular formula is C34H37N3O9S. The Morgan fingerprint density at radius 1 is 0.830 bits per heavy atom. The van der Waals surface area contributed by atoms with Crippen molar-refractivity contribution in [3.05, 3.63) is 59.2 Å². The molecular weight excluding hydrogens is 626 g/mol. The van der Waals surface area contributed by atoms with Gasteiger partial charge in [-0.2, -0.15) is 0 Å². The molecule has 2 atom stereocenters. The molecule has 12 nitrogen and oxygen atoms in total. The summed E-state index contributed by atoms with van der Waals surface area (Å²) in [5.41, 5.74) is 3.59. The van der Waals surface area contributed by atoms with E-state index in [1.165, 1.54) is 11.8 Å². The van der Waals surface area contributed by atoms with Gasteiger partial charge in [-0.3, -0.25) is 9.79 Å². The number of hydrogen-bond acceptors (Lipinski definition) is 12. The molecule has 1 fully saturated rings. The topological polar surface area (TPSA) is 119 Å². The van der Waals surface area contributed by atoms with Crippen molar-refractivity contribution in [2.24, 2.45) is 10.1 Å².